The number of hydrogen-bond acceptors (Lipinski definition) is 3. The predicted molar refractivity (Wildman–Crippen MR) is 93.2 cm³/mol. The van der Waals surface area contributed by atoms with Crippen LogP contribution in [0.5, 0.6) is 5.75 Å². The van der Waals surface area contributed by atoms with E-state index in [0.29, 0.717) is 11.6 Å². The molecule has 0 aliphatic rings. The van der Waals surface area contributed by atoms with Crippen LogP contribution < -0.4 is 10.1 Å². The highest BCUT2D eigenvalue weighted by Gasteiger charge is 2.20. The van der Waals surface area contributed by atoms with Gasteiger partial charge < -0.3 is 15.0 Å². The van der Waals surface area contributed by atoms with Crippen molar-refractivity contribution in [2.75, 3.05) is 27.7 Å². The Hall–Kier alpha value is -2.11. The second kappa shape index (κ2) is 8.13. The fourth-order valence-corrected chi connectivity index (χ4v) is 2.64. The summed E-state index contributed by atoms with van der Waals surface area (Å²) >= 11 is 5.84. The summed E-state index contributed by atoms with van der Waals surface area (Å²) in [5.74, 6) is -0.369. The summed E-state index contributed by atoms with van der Waals surface area (Å²) in [7, 11) is 5.41. The molecule has 0 aliphatic heterocycles. The van der Waals surface area contributed by atoms with E-state index in [0.717, 1.165) is 11.3 Å². The number of methoxy groups -OCH3 is 1. The standard InChI is InChI=1S/C18H20ClFN2O2/c1-22(2)16(13-6-4-5-7-17(13)24-3)11-21-18(23)14-10-12(19)8-9-15(14)20/h4-10,16H,11H2,1-3H3,(H,21,23). The van der Waals surface area contributed by atoms with Crippen molar-refractivity contribution >= 4 is 17.5 Å². The summed E-state index contributed by atoms with van der Waals surface area (Å²) in [6.45, 7) is 0.304. The van der Waals surface area contributed by atoms with E-state index in [1.165, 1.54) is 18.2 Å². The van der Waals surface area contributed by atoms with Crippen molar-refractivity contribution in [2.45, 2.75) is 6.04 Å². The number of amides is 1. The minimum Gasteiger partial charge on any atom is -0.496 e. The van der Waals surface area contributed by atoms with Gasteiger partial charge in [-0.25, -0.2) is 4.39 Å². The van der Waals surface area contributed by atoms with Crippen LogP contribution in [0.15, 0.2) is 42.5 Å². The molecule has 1 unspecified atom stereocenters. The molecule has 2 rings (SSSR count). The van der Waals surface area contributed by atoms with Crippen LogP contribution in [0.1, 0.15) is 22.0 Å². The molecule has 24 heavy (non-hydrogen) atoms. The predicted octanol–water partition coefficient (Wildman–Crippen LogP) is 3.52. The fraction of sp³-hybridized carbons (Fsp3) is 0.278. The van der Waals surface area contributed by atoms with E-state index in [9.17, 15) is 9.18 Å². The molecule has 6 heteroatoms. The van der Waals surface area contributed by atoms with Gasteiger partial charge in [0.05, 0.1) is 18.7 Å². The Morgan fingerprint density at radius 3 is 2.67 bits per heavy atom. The molecule has 0 aliphatic carbocycles. The molecule has 0 heterocycles. The Balaban J connectivity index is 2.17. The van der Waals surface area contributed by atoms with Crippen molar-refractivity contribution in [2.24, 2.45) is 0 Å². The first-order valence-corrected chi connectivity index (χ1v) is 7.84. The maximum Gasteiger partial charge on any atom is 0.254 e. The molecule has 1 amide bonds. The van der Waals surface area contributed by atoms with Crippen molar-refractivity contribution in [1.82, 2.24) is 10.2 Å². The minimum absolute atomic E-state index is 0.0694. The fourth-order valence-electron chi connectivity index (χ4n) is 2.47. The second-order valence-corrected chi connectivity index (χ2v) is 5.99. The van der Waals surface area contributed by atoms with Crippen LogP contribution in [0.2, 0.25) is 5.02 Å². The molecule has 0 saturated heterocycles. The highest BCUT2D eigenvalue weighted by atomic mass is 35.5. The van der Waals surface area contributed by atoms with Gasteiger partial charge in [0.25, 0.3) is 5.91 Å². The molecule has 1 atom stereocenters. The third kappa shape index (κ3) is 4.24. The van der Waals surface area contributed by atoms with Crippen molar-refractivity contribution in [3.05, 3.63) is 64.4 Å². The quantitative estimate of drug-likeness (QED) is 0.866. The Kier molecular flexibility index (Phi) is 6.17. The molecule has 2 aromatic rings. The van der Waals surface area contributed by atoms with E-state index in [2.05, 4.69) is 5.32 Å². The molecule has 0 radical (unpaired) electrons. The molecule has 2 aromatic carbocycles. The summed E-state index contributed by atoms with van der Waals surface area (Å²) in [5.41, 5.74) is 0.872. The number of para-hydroxylation sites is 1. The first-order valence-electron chi connectivity index (χ1n) is 7.46. The Morgan fingerprint density at radius 2 is 2.00 bits per heavy atom. The zero-order valence-corrected chi connectivity index (χ0v) is 14.6. The van der Waals surface area contributed by atoms with Crippen LogP contribution in [0.25, 0.3) is 0 Å². The monoisotopic (exact) mass is 350 g/mol. The van der Waals surface area contributed by atoms with E-state index >= 15 is 0 Å². The van der Waals surface area contributed by atoms with Crippen LogP contribution in [-0.2, 0) is 0 Å². The van der Waals surface area contributed by atoms with Crippen LogP contribution in [-0.4, -0.2) is 38.6 Å². The van der Waals surface area contributed by atoms with Gasteiger partial charge in [-0.15, -0.1) is 0 Å². The Labute approximate surface area is 146 Å². The Morgan fingerprint density at radius 1 is 1.29 bits per heavy atom. The normalized spacial score (nSPS) is 12.1. The number of nitrogens with zero attached hydrogens (tertiary/aromatic N) is 1. The second-order valence-electron chi connectivity index (χ2n) is 5.56. The van der Waals surface area contributed by atoms with Gasteiger partial charge in [0.2, 0.25) is 0 Å². The lowest BCUT2D eigenvalue weighted by molar-refractivity contribution is 0.0937. The number of halogens is 2. The molecular formula is C18H20ClFN2O2. The third-order valence-electron chi connectivity index (χ3n) is 3.75. The summed E-state index contributed by atoms with van der Waals surface area (Å²) in [4.78, 5) is 14.2. The zero-order chi connectivity index (χ0) is 17.7. The molecule has 0 aromatic heterocycles. The zero-order valence-electron chi connectivity index (χ0n) is 13.8. The lowest BCUT2D eigenvalue weighted by atomic mass is 10.0. The van der Waals surface area contributed by atoms with Crippen LogP contribution in [0, 0.1) is 5.82 Å². The van der Waals surface area contributed by atoms with E-state index in [-0.39, 0.29) is 11.6 Å². The molecular weight excluding hydrogens is 331 g/mol. The third-order valence-corrected chi connectivity index (χ3v) is 3.99. The van der Waals surface area contributed by atoms with Gasteiger partial charge in [0.15, 0.2) is 0 Å². The smallest absolute Gasteiger partial charge is 0.254 e. The Bertz CT molecular complexity index is 722. The molecule has 0 saturated carbocycles. The maximum atomic E-state index is 13.8. The van der Waals surface area contributed by atoms with E-state index in [1.54, 1.807) is 7.11 Å². The molecule has 0 spiro atoms. The number of nitrogens with one attached hydrogen (secondary N) is 1. The van der Waals surface area contributed by atoms with Gasteiger partial charge in [-0.2, -0.15) is 0 Å². The number of likely N-dealkylation sites (N-methyl/N-ethyl adjacent to an activating group) is 1. The first kappa shape index (κ1) is 18.2. The molecule has 4 nitrogen and oxygen atoms in total. The average Bonchev–Trinajstić information content (AvgIpc) is 2.57. The molecule has 128 valence electrons. The summed E-state index contributed by atoms with van der Waals surface area (Å²) in [6, 6.07) is 11.4. The minimum atomic E-state index is -0.601. The number of hydrogen-bond donors (Lipinski definition) is 1. The number of benzene rings is 2. The highest BCUT2D eigenvalue weighted by molar-refractivity contribution is 6.31. The van der Waals surface area contributed by atoms with E-state index in [4.69, 9.17) is 16.3 Å². The van der Waals surface area contributed by atoms with Crippen molar-refractivity contribution in [3.8, 4) is 5.75 Å². The van der Waals surface area contributed by atoms with Gasteiger partial charge in [-0.1, -0.05) is 29.8 Å². The average molecular weight is 351 g/mol. The number of rotatable bonds is 6. The first-order chi connectivity index (χ1) is 11.4. The van der Waals surface area contributed by atoms with Gasteiger partial charge in [-0.3, -0.25) is 4.79 Å². The summed E-state index contributed by atoms with van der Waals surface area (Å²) < 4.78 is 19.2. The van der Waals surface area contributed by atoms with E-state index in [1.807, 2.05) is 43.3 Å². The lowest BCUT2D eigenvalue weighted by Gasteiger charge is -2.26. The highest BCUT2D eigenvalue weighted by Crippen LogP contribution is 2.27. The number of carbonyl (C=O) groups is 1. The largest absolute Gasteiger partial charge is 0.496 e. The van der Waals surface area contributed by atoms with Gasteiger partial charge in [0, 0.05) is 17.1 Å². The topological polar surface area (TPSA) is 41.6 Å². The molecule has 0 fully saturated rings. The number of carbonyl (C=O) groups excluding carboxylic acids is 1. The van der Waals surface area contributed by atoms with Gasteiger partial charge in [0.1, 0.15) is 11.6 Å². The maximum absolute atomic E-state index is 13.8. The summed E-state index contributed by atoms with van der Waals surface area (Å²) in [6.07, 6.45) is 0. The van der Waals surface area contributed by atoms with Gasteiger partial charge in [-0.05, 0) is 38.4 Å². The van der Waals surface area contributed by atoms with Crippen LogP contribution in [0.3, 0.4) is 0 Å². The van der Waals surface area contributed by atoms with Crippen LogP contribution in [0.4, 0.5) is 4.39 Å². The lowest BCUT2D eigenvalue weighted by Crippen LogP contribution is -2.35. The van der Waals surface area contributed by atoms with Gasteiger partial charge >= 0.3 is 0 Å². The van der Waals surface area contributed by atoms with Crippen LogP contribution >= 0.6 is 11.6 Å². The molecule has 1 N–H and O–H groups in total. The summed E-state index contributed by atoms with van der Waals surface area (Å²) in [5, 5.41) is 3.08. The molecule has 0 bridgehead atoms. The number of ether oxygens (including phenoxy) is 1. The van der Waals surface area contributed by atoms with Crippen molar-refractivity contribution in [3.63, 3.8) is 0 Å². The van der Waals surface area contributed by atoms with E-state index < -0.39 is 11.7 Å². The van der Waals surface area contributed by atoms with Crippen molar-refractivity contribution < 1.29 is 13.9 Å². The van der Waals surface area contributed by atoms with Crippen molar-refractivity contribution in [1.29, 1.82) is 0 Å². The SMILES string of the molecule is COc1ccccc1C(CNC(=O)c1cc(Cl)ccc1F)N(C)C.